The summed E-state index contributed by atoms with van der Waals surface area (Å²) in [4.78, 5) is 11.4. The van der Waals surface area contributed by atoms with Crippen molar-refractivity contribution in [3.8, 4) is 0 Å². The highest BCUT2D eigenvalue weighted by molar-refractivity contribution is 7.07. The van der Waals surface area contributed by atoms with Crippen molar-refractivity contribution in [2.75, 3.05) is 19.8 Å². The summed E-state index contributed by atoms with van der Waals surface area (Å²) in [6, 6.07) is 2.20. The van der Waals surface area contributed by atoms with Crippen molar-refractivity contribution >= 4 is 17.2 Å². The van der Waals surface area contributed by atoms with Crippen molar-refractivity contribution < 1.29 is 9.53 Å². The molecule has 0 aliphatic heterocycles. The number of thiophene rings is 1. The molecule has 0 radical (unpaired) electrons. The number of ether oxygens (including phenoxy) is 1. The van der Waals surface area contributed by atoms with Crippen LogP contribution in [0.15, 0.2) is 16.8 Å². The number of hydrogen-bond donors (Lipinski definition) is 2. The lowest BCUT2D eigenvalue weighted by Crippen LogP contribution is -2.36. The highest BCUT2D eigenvalue weighted by Crippen LogP contribution is 2.08. The van der Waals surface area contributed by atoms with Gasteiger partial charge in [0.05, 0.1) is 6.61 Å². The van der Waals surface area contributed by atoms with Gasteiger partial charge in [0.1, 0.15) is 6.61 Å². The lowest BCUT2D eigenvalue weighted by molar-refractivity contribution is -0.126. The van der Waals surface area contributed by atoms with Crippen molar-refractivity contribution in [2.45, 2.75) is 19.4 Å². The molecule has 0 bridgehead atoms. The fraction of sp³-hybridized carbons (Fsp3) is 0.545. The molecule has 0 spiro atoms. The van der Waals surface area contributed by atoms with E-state index in [1.807, 2.05) is 12.3 Å². The van der Waals surface area contributed by atoms with Gasteiger partial charge in [0.15, 0.2) is 0 Å². The lowest BCUT2D eigenvalue weighted by atomic mass is 10.1. The SMILES string of the molecule is CC(Cc1ccsc1)NC(=O)COCCN. The molecule has 5 heteroatoms. The maximum absolute atomic E-state index is 11.4. The van der Waals surface area contributed by atoms with E-state index in [1.165, 1.54) is 5.56 Å². The number of amides is 1. The monoisotopic (exact) mass is 242 g/mol. The molecule has 0 saturated carbocycles. The van der Waals surface area contributed by atoms with Gasteiger partial charge in [0.2, 0.25) is 5.91 Å². The van der Waals surface area contributed by atoms with Crippen molar-refractivity contribution in [1.82, 2.24) is 5.32 Å². The van der Waals surface area contributed by atoms with Gasteiger partial charge in [-0.1, -0.05) is 0 Å². The molecule has 0 aromatic carbocycles. The molecule has 0 fully saturated rings. The molecule has 16 heavy (non-hydrogen) atoms. The molecule has 3 N–H and O–H groups in total. The Hall–Kier alpha value is -0.910. The summed E-state index contributed by atoms with van der Waals surface area (Å²) < 4.78 is 5.05. The Morgan fingerprint density at radius 2 is 2.50 bits per heavy atom. The van der Waals surface area contributed by atoms with Crippen LogP contribution >= 0.6 is 11.3 Å². The van der Waals surface area contributed by atoms with Crippen LogP contribution in [0.1, 0.15) is 12.5 Å². The van der Waals surface area contributed by atoms with Gasteiger partial charge in [-0.2, -0.15) is 11.3 Å². The van der Waals surface area contributed by atoms with E-state index < -0.39 is 0 Å². The number of carbonyl (C=O) groups excluding carboxylic acids is 1. The lowest BCUT2D eigenvalue weighted by Gasteiger charge is -2.13. The van der Waals surface area contributed by atoms with Gasteiger partial charge < -0.3 is 15.8 Å². The normalized spacial score (nSPS) is 12.4. The number of nitrogens with one attached hydrogen (secondary N) is 1. The Labute approximate surface area is 99.8 Å². The maximum Gasteiger partial charge on any atom is 0.246 e. The average molecular weight is 242 g/mol. The molecule has 1 aromatic rings. The quantitative estimate of drug-likeness (QED) is 0.694. The summed E-state index contributed by atoms with van der Waals surface area (Å²) in [5, 5.41) is 7.00. The van der Waals surface area contributed by atoms with Gasteiger partial charge in [-0.05, 0) is 35.7 Å². The maximum atomic E-state index is 11.4. The standard InChI is InChI=1S/C11H18N2O2S/c1-9(6-10-2-5-16-8-10)13-11(14)7-15-4-3-12/h2,5,8-9H,3-4,6-7,12H2,1H3,(H,13,14). The smallest absolute Gasteiger partial charge is 0.246 e. The van der Waals surface area contributed by atoms with Crippen LogP contribution in [0.3, 0.4) is 0 Å². The van der Waals surface area contributed by atoms with E-state index in [9.17, 15) is 4.79 Å². The van der Waals surface area contributed by atoms with Crippen LogP contribution in [-0.2, 0) is 16.0 Å². The predicted octanol–water partition coefficient (Wildman–Crippen LogP) is 0.771. The molecule has 4 nitrogen and oxygen atoms in total. The zero-order valence-electron chi connectivity index (χ0n) is 9.44. The van der Waals surface area contributed by atoms with Gasteiger partial charge in [-0.3, -0.25) is 4.79 Å². The molecular formula is C11H18N2O2S. The Kier molecular flexibility index (Phi) is 6.07. The molecule has 1 unspecified atom stereocenters. The van der Waals surface area contributed by atoms with Crippen LogP contribution in [0.5, 0.6) is 0 Å². The molecule has 1 rings (SSSR count). The second kappa shape index (κ2) is 7.38. The third-order valence-electron chi connectivity index (χ3n) is 2.02. The topological polar surface area (TPSA) is 64.3 Å². The first-order valence-corrected chi connectivity index (χ1v) is 6.25. The first kappa shape index (κ1) is 13.2. The average Bonchev–Trinajstić information content (AvgIpc) is 2.70. The van der Waals surface area contributed by atoms with Crippen LogP contribution in [0.4, 0.5) is 0 Å². The van der Waals surface area contributed by atoms with E-state index >= 15 is 0 Å². The van der Waals surface area contributed by atoms with Gasteiger partial charge in [-0.25, -0.2) is 0 Å². The van der Waals surface area contributed by atoms with Gasteiger partial charge in [-0.15, -0.1) is 0 Å². The first-order valence-electron chi connectivity index (χ1n) is 5.30. The van der Waals surface area contributed by atoms with Gasteiger partial charge in [0, 0.05) is 12.6 Å². The second-order valence-corrected chi connectivity index (χ2v) is 4.43. The summed E-state index contributed by atoms with van der Waals surface area (Å²) in [5.41, 5.74) is 6.50. The predicted molar refractivity (Wildman–Crippen MR) is 65.5 cm³/mol. The molecule has 1 heterocycles. The van der Waals surface area contributed by atoms with Gasteiger partial charge in [0.25, 0.3) is 0 Å². The zero-order chi connectivity index (χ0) is 11.8. The summed E-state index contributed by atoms with van der Waals surface area (Å²) >= 11 is 1.67. The van der Waals surface area contributed by atoms with E-state index in [0.29, 0.717) is 13.2 Å². The minimum absolute atomic E-state index is 0.0869. The first-order chi connectivity index (χ1) is 7.72. The van der Waals surface area contributed by atoms with Crippen molar-refractivity contribution in [1.29, 1.82) is 0 Å². The fourth-order valence-corrected chi connectivity index (χ4v) is 2.06. The van der Waals surface area contributed by atoms with E-state index in [-0.39, 0.29) is 18.6 Å². The van der Waals surface area contributed by atoms with Crippen molar-refractivity contribution in [3.05, 3.63) is 22.4 Å². The van der Waals surface area contributed by atoms with Crippen LogP contribution in [0, 0.1) is 0 Å². The number of nitrogens with two attached hydrogens (primary N) is 1. The van der Waals surface area contributed by atoms with E-state index in [2.05, 4.69) is 16.8 Å². The minimum Gasteiger partial charge on any atom is -0.370 e. The highest BCUT2D eigenvalue weighted by Gasteiger charge is 2.08. The number of carbonyl (C=O) groups is 1. The highest BCUT2D eigenvalue weighted by atomic mass is 32.1. The molecular weight excluding hydrogens is 224 g/mol. The molecule has 1 atom stereocenters. The van der Waals surface area contributed by atoms with Crippen LogP contribution < -0.4 is 11.1 Å². The van der Waals surface area contributed by atoms with E-state index in [4.69, 9.17) is 10.5 Å². The molecule has 0 saturated heterocycles. The Morgan fingerprint density at radius 1 is 1.69 bits per heavy atom. The van der Waals surface area contributed by atoms with E-state index in [0.717, 1.165) is 6.42 Å². The molecule has 90 valence electrons. The summed E-state index contributed by atoms with van der Waals surface area (Å²) in [5.74, 6) is -0.0869. The number of rotatable bonds is 7. The Morgan fingerprint density at radius 3 is 3.12 bits per heavy atom. The van der Waals surface area contributed by atoms with E-state index in [1.54, 1.807) is 11.3 Å². The van der Waals surface area contributed by atoms with Crippen LogP contribution in [0.25, 0.3) is 0 Å². The van der Waals surface area contributed by atoms with Gasteiger partial charge >= 0.3 is 0 Å². The van der Waals surface area contributed by atoms with Crippen molar-refractivity contribution in [2.24, 2.45) is 5.73 Å². The molecule has 0 aliphatic carbocycles. The Balaban J connectivity index is 2.18. The molecule has 0 aliphatic rings. The third kappa shape index (κ3) is 5.25. The summed E-state index contributed by atoms with van der Waals surface area (Å²) in [6.07, 6.45) is 0.853. The Bertz CT molecular complexity index is 301. The third-order valence-corrected chi connectivity index (χ3v) is 2.76. The van der Waals surface area contributed by atoms with Crippen molar-refractivity contribution in [3.63, 3.8) is 0 Å². The van der Waals surface area contributed by atoms with Crippen LogP contribution in [0.2, 0.25) is 0 Å². The zero-order valence-corrected chi connectivity index (χ0v) is 10.3. The molecule has 1 amide bonds. The summed E-state index contributed by atoms with van der Waals surface area (Å²) in [6.45, 7) is 2.94. The molecule has 1 aromatic heterocycles. The summed E-state index contributed by atoms with van der Waals surface area (Å²) in [7, 11) is 0. The van der Waals surface area contributed by atoms with Crippen LogP contribution in [-0.4, -0.2) is 31.7 Å². The fourth-order valence-electron chi connectivity index (χ4n) is 1.38. The second-order valence-electron chi connectivity index (χ2n) is 3.65. The number of hydrogen-bond acceptors (Lipinski definition) is 4. The largest absolute Gasteiger partial charge is 0.370 e. The minimum atomic E-state index is -0.0869.